The number of ether oxygens (including phenoxy) is 1. The van der Waals surface area contributed by atoms with E-state index in [0.29, 0.717) is 11.3 Å². The maximum absolute atomic E-state index is 13.7. The Labute approximate surface area is 139 Å². The third kappa shape index (κ3) is 4.22. The monoisotopic (exact) mass is 331 g/mol. The summed E-state index contributed by atoms with van der Waals surface area (Å²) in [5, 5.41) is 4.91. The summed E-state index contributed by atoms with van der Waals surface area (Å²) in [6, 6.07) is 11.0. The number of hydrogen-bond acceptors (Lipinski definition) is 4. The van der Waals surface area contributed by atoms with E-state index in [0.717, 1.165) is 11.8 Å². The summed E-state index contributed by atoms with van der Waals surface area (Å²) >= 11 is 0. The van der Waals surface area contributed by atoms with Gasteiger partial charge >= 0.3 is 6.09 Å². The zero-order chi connectivity index (χ0) is 17.7. The molecule has 0 aliphatic carbocycles. The SMILES string of the molecule is COC(=O)Nc1cc(NC(=O)c2cccc(N(C)C)c2)ccc1F. The molecule has 0 aliphatic rings. The van der Waals surface area contributed by atoms with Crippen LogP contribution in [0.1, 0.15) is 10.4 Å². The molecule has 0 aromatic heterocycles. The molecule has 0 saturated carbocycles. The Morgan fingerprint density at radius 1 is 1.08 bits per heavy atom. The predicted molar refractivity (Wildman–Crippen MR) is 91.1 cm³/mol. The van der Waals surface area contributed by atoms with Gasteiger partial charge in [0, 0.05) is 31.0 Å². The zero-order valence-electron chi connectivity index (χ0n) is 13.6. The van der Waals surface area contributed by atoms with E-state index in [1.807, 2.05) is 25.1 Å². The quantitative estimate of drug-likeness (QED) is 0.901. The van der Waals surface area contributed by atoms with Crippen molar-refractivity contribution in [3.63, 3.8) is 0 Å². The minimum atomic E-state index is -0.795. The van der Waals surface area contributed by atoms with Gasteiger partial charge in [-0.15, -0.1) is 0 Å². The molecule has 2 rings (SSSR count). The molecule has 0 fully saturated rings. The van der Waals surface area contributed by atoms with E-state index in [1.165, 1.54) is 19.2 Å². The average Bonchev–Trinajstić information content (AvgIpc) is 2.57. The van der Waals surface area contributed by atoms with Gasteiger partial charge in [0.15, 0.2) is 0 Å². The molecule has 0 radical (unpaired) electrons. The van der Waals surface area contributed by atoms with Crippen LogP contribution in [0, 0.1) is 5.82 Å². The number of amides is 2. The molecule has 0 unspecified atom stereocenters. The molecule has 2 aromatic carbocycles. The molecule has 0 aliphatic heterocycles. The summed E-state index contributed by atoms with van der Waals surface area (Å²) < 4.78 is 18.1. The van der Waals surface area contributed by atoms with Crippen molar-refractivity contribution in [2.24, 2.45) is 0 Å². The van der Waals surface area contributed by atoms with Crippen LogP contribution in [-0.2, 0) is 4.74 Å². The van der Waals surface area contributed by atoms with Gasteiger partial charge in [-0.3, -0.25) is 10.1 Å². The van der Waals surface area contributed by atoms with E-state index in [9.17, 15) is 14.0 Å². The average molecular weight is 331 g/mol. The van der Waals surface area contributed by atoms with E-state index in [4.69, 9.17) is 0 Å². The highest BCUT2D eigenvalue weighted by Crippen LogP contribution is 2.21. The number of halogens is 1. The molecule has 2 amide bonds. The number of anilines is 3. The van der Waals surface area contributed by atoms with E-state index in [2.05, 4.69) is 15.4 Å². The molecule has 0 heterocycles. The second-order valence-corrected chi connectivity index (χ2v) is 5.21. The van der Waals surface area contributed by atoms with Crippen molar-refractivity contribution >= 4 is 29.1 Å². The van der Waals surface area contributed by atoms with Crippen molar-refractivity contribution in [1.29, 1.82) is 0 Å². The molecule has 7 heteroatoms. The number of benzene rings is 2. The summed E-state index contributed by atoms with van der Waals surface area (Å²) in [4.78, 5) is 25.4. The van der Waals surface area contributed by atoms with E-state index in [1.54, 1.807) is 18.2 Å². The Morgan fingerprint density at radius 3 is 2.50 bits per heavy atom. The second kappa shape index (κ2) is 7.45. The van der Waals surface area contributed by atoms with Crippen LogP contribution in [0.25, 0.3) is 0 Å². The number of rotatable bonds is 4. The van der Waals surface area contributed by atoms with Crippen molar-refractivity contribution in [2.45, 2.75) is 0 Å². The standard InChI is InChI=1S/C17H18FN3O3/c1-21(2)13-6-4-5-11(9-13)16(22)19-12-7-8-14(18)15(10-12)20-17(23)24-3/h4-10H,1-3H3,(H,19,22)(H,20,23). The lowest BCUT2D eigenvalue weighted by molar-refractivity contribution is 0.102. The molecule has 126 valence electrons. The summed E-state index contributed by atoms with van der Waals surface area (Å²) in [5.74, 6) is -0.970. The van der Waals surface area contributed by atoms with Crippen molar-refractivity contribution in [3.8, 4) is 0 Å². The lowest BCUT2D eigenvalue weighted by Crippen LogP contribution is -2.15. The van der Waals surface area contributed by atoms with Crippen LogP contribution < -0.4 is 15.5 Å². The van der Waals surface area contributed by atoms with Crippen LogP contribution in [0.3, 0.4) is 0 Å². The molecular formula is C17H18FN3O3. The highest BCUT2D eigenvalue weighted by Gasteiger charge is 2.11. The van der Waals surface area contributed by atoms with Gasteiger partial charge in [0.05, 0.1) is 12.8 Å². The van der Waals surface area contributed by atoms with Crippen molar-refractivity contribution < 1.29 is 18.7 Å². The molecule has 6 nitrogen and oxygen atoms in total. The number of carbonyl (C=O) groups is 2. The summed E-state index contributed by atoms with van der Waals surface area (Å²) in [6.45, 7) is 0. The Balaban J connectivity index is 2.18. The highest BCUT2D eigenvalue weighted by molar-refractivity contribution is 6.05. The van der Waals surface area contributed by atoms with Crippen LogP contribution >= 0.6 is 0 Å². The summed E-state index contributed by atoms with van der Waals surface area (Å²) in [7, 11) is 4.93. The van der Waals surface area contributed by atoms with Crippen LogP contribution in [0.15, 0.2) is 42.5 Å². The Morgan fingerprint density at radius 2 is 1.83 bits per heavy atom. The largest absolute Gasteiger partial charge is 0.453 e. The van der Waals surface area contributed by atoms with Gasteiger partial charge < -0.3 is 15.0 Å². The Hall–Kier alpha value is -3.09. The third-order valence-electron chi connectivity index (χ3n) is 3.27. The summed E-state index contributed by atoms with van der Waals surface area (Å²) in [5.41, 5.74) is 1.62. The summed E-state index contributed by atoms with van der Waals surface area (Å²) in [6.07, 6.45) is -0.795. The van der Waals surface area contributed by atoms with Crippen molar-refractivity contribution in [3.05, 3.63) is 53.8 Å². The van der Waals surface area contributed by atoms with Crippen molar-refractivity contribution in [2.75, 3.05) is 36.7 Å². The lowest BCUT2D eigenvalue weighted by Gasteiger charge is -2.14. The highest BCUT2D eigenvalue weighted by atomic mass is 19.1. The number of methoxy groups -OCH3 is 1. The zero-order valence-corrected chi connectivity index (χ0v) is 13.6. The third-order valence-corrected chi connectivity index (χ3v) is 3.27. The number of nitrogens with one attached hydrogen (secondary N) is 2. The maximum atomic E-state index is 13.7. The topological polar surface area (TPSA) is 70.7 Å². The van der Waals surface area contributed by atoms with E-state index in [-0.39, 0.29) is 11.6 Å². The number of hydrogen-bond donors (Lipinski definition) is 2. The van der Waals surface area contributed by atoms with Gasteiger partial charge in [0.2, 0.25) is 0 Å². The van der Waals surface area contributed by atoms with Gasteiger partial charge in [-0.25, -0.2) is 9.18 Å². The van der Waals surface area contributed by atoms with Crippen LogP contribution in [0.5, 0.6) is 0 Å². The van der Waals surface area contributed by atoms with Gasteiger partial charge in [-0.1, -0.05) is 6.07 Å². The van der Waals surface area contributed by atoms with Crippen LogP contribution in [0.4, 0.5) is 26.2 Å². The van der Waals surface area contributed by atoms with Gasteiger partial charge in [-0.2, -0.15) is 0 Å². The first-order valence-corrected chi connectivity index (χ1v) is 7.14. The van der Waals surface area contributed by atoms with E-state index >= 15 is 0 Å². The second-order valence-electron chi connectivity index (χ2n) is 5.21. The normalized spacial score (nSPS) is 10.0. The van der Waals surface area contributed by atoms with Crippen LogP contribution in [-0.4, -0.2) is 33.2 Å². The van der Waals surface area contributed by atoms with Gasteiger partial charge in [0.1, 0.15) is 5.82 Å². The maximum Gasteiger partial charge on any atom is 0.411 e. The molecule has 0 bridgehead atoms. The molecule has 2 aromatic rings. The van der Waals surface area contributed by atoms with Gasteiger partial charge in [-0.05, 0) is 36.4 Å². The first-order valence-electron chi connectivity index (χ1n) is 7.14. The number of carbonyl (C=O) groups excluding carboxylic acids is 2. The van der Waals surface area contributed by atoms with E-state index < -0.39 is 11.9 Å². The lowest BCUT2D eigenvalue weighted by atomic mass is 10.1. The number of nitrogens with zero attached hydrogens (tertiary/aromatic N) is 1. The fourth-order valence-corrected chi connectivity index (χ4v) is 1.99. The molecule has 0 saturated heterocycles. The van der Waals surface area contributed by atoms with Gasteiger partial charge in [0.25, 0.3) is 5.91 Å². The Bertz CT molecular complexity index is 762. The minimum absolute atomic E-state index is 0.0818. The first kappa shape index (κ1) is 17.3. The fraction of sp³-hybridized carbons (Fsp3) is 0.176. The molecule has 2 N–H and O–H groups in total. The Kier molecular flexibility index (Phi) is 5.36. The smallest absolute Gasteiger partial charge is 0.411 e. The fourth-order valence-electron chi connectivity index (χ4n) is 1.99. The van der Waals surface area contributed by atoms with Crippen molar-refractivity contribution in [1.82, 2.24) is 0 Å². The molecular weight excluding hydrogens is 313 g/mol. The predicted octanol–water partition coefficient (Wildman–Crippen LogP) is 3.32. The first-order chi connectivity index (χ1) is 11.4. The molecule has 0 atom stereocenters. The molecule has 24 heavy (non-hydrogen) atoms. The minimum Gasteiger partial charge on any atom is -0.453 e. The van der Waals surface area contributed by atoms with Crippen LogP contribution in [0.2, 0.25) is 0 Å². The molecule has 0 spiro atoms.